The Morgan fingerprint density at radius 1 is 0.889 bits per heavy atom. The standard InChI is InChI=1S/C17H19N/c1-3-14(2)18-17(15-10-6-4-7-11-15)16-12-8-5-9-13-16/h3-14,17-18H,1H2,2H3. The molecular formula is C17H19N. The fourth-order valence-electron chi connectivity index (χ4n) is 2.01. The number of hydrogen-bond donors (Lipinski definition) is 1. The zero-order valence-corrected chi connectivity index (χ0v) is 10.7. The van der Waals surface area contributed by atoms with Gasteiger partial charge < -0.3 is 5.32 Å². The topological polar surface area (TPSA) is 12.0 Å². The van der Waals surface area contributed by atoms with Crippen LogP contribution >= 0.6 is 0 Å². The predicted octanol–water partition coefficient (Wildman–Crippen LogP) is 3.94. The maximum atomic E-state index is 3.84. The molecule has 1 N–H and O–H groups in total. The van der Waals surface area contributed by atoms with Crippen LogP contribution in [0.25, 0.3) is 0 Å². The van der Waals surface area contributed by atoms with Crippen molar-refractivity contribution in [1.29, 1.82) is 0 Å². The van der Waals surface area contributed by atoms with E-state index in [-0.39, 0.29) is 12.1 Å². The average molecular weight is 237 g/mol. The summed E-state index contributed by atoms with van der Waals surface area (Å²) in [7, 11) is 0. The third-order valence-electron chi connectivity index (χ3n) is 3.05. The fraction of sp³-hybridized carbons (Fsp3) is 0.176. The summed E-state index contributed by atoms with van der Waals surface area (Å²) in [6.07, 6.45) is 1.93. The first-order chi connectivity index (χ1) is 8.81. The molecule has 18 heavy (non-hydrogen) atoms. The third kappa shape index (κ3) is 3.08. The van der Waals surface area contributed by atoms with Crippen LogP contribution in [0.1, 0.15) is 24.1 Å². The van der Waals surface area contributed by atoms with Gasteiger partial charge in [0.2, 0.25) is 0 Å². The van der Waals surface area contributed by atoms with E-state index in [0.29, 0.717) is 0 Å². The first-order valence-corrected chi connectivity index (χ1v) is 6.29. The lowest BCUT2D eigenvalue weighted by Crippen LogP contribution is -2.29. The number of hydrogen-bond acceptors (Lipinski definition) is 1. The normalized spacial score (nSPS) is 12.3. The zero-order valence-electron chi connectivity index (χ0n) is 10.7. The molecule has 1 atom stereocenters. The molecule has 0 aromatic heterocycles. The van der Waals surface area contributed by atoms with Gasteiger partial charge in [0.05, 0.1) is 6.04 Å². The summed E-state index contributed by atoms with van der Waals surface area (Å²) in [5.74, 6) is 0. The second kappa shape index (κ2) is 6.18. The maximum Gasteiger partial charge on any atom is 0.0581 e. The summed E-state index contributed by atoms with van der Waals surface area (Å²) in [5, 5.41) is 3.58. The Kier molecular flexibility index (Phi) is 4.32. The number of rotatable bonds is 5. The summed E-state index contributed by atoms with van der Waals surface area (Å²) in [6.45, 7) is 5.96. The molecule has 0 amide bonds. The molecule has 0 saturated heterocycles. The van der Waals surface area contributed by atoms with Crippen molar-refractivity contribution < 1.29 is 0 Å². The van der Waals surface area contributed by atoms with Crippen LogP contribution < -0.4 is 5.32 Å². The molecule has 2 rings (SSSR count). The molecule has 0 fully saturated rings. The Hall–Kier alpha value is -1.86. The van der Waals surface area contributed by atoms with Crippen LogP contribution in [0.4, 0.5) is 0 Å². The second-order valence-corrected chi connectivity index (χ2v) is 4.45. The Labute approximate surface area is 109 Å². The summed E-state index contributed by atoms with van der Waals surface area (Å²) in [6, 6.07) is 21.5. The third-order valence-corrected chi connectivity index (χ3v) is 3.05. The quantitative estimate of drug-likeness (QED) is 0.777. The first kappa shape index (κ1) is 12.6. The highest BCUT2D eigenvalue weighted by molar-refractivity contribution is 5.31. The average Bonchev–Trinajstić information content (AvgIpc) is 2.46. The van der Waals surface area contributed by atoms with Crippen molar-refractivity contribution in [3.63, 3.8) is 0 Å². The Morgan fingerprint density at radius 2 is 1.33 bits per heavy atom. The van der Waals surface area contributed by atoms with E-state index in [1.165, 1.54) is 11.1 Å². The van der Waals surface area contributed by atoms with Crippen LogP contribution in [-0.4, -0.2) is 6.04 Å². The van der Waals surface area contributed by atoms with Gasteiger partial charge in [-0.25, -0.2) is 0 Å². The van der Waals surface area contributed by atoms with Gasteiger partial charge in [0, 0.05) is 6.04 Å². The number of benzene rings is 2. The molecule has 0 aliphatic heterocycles. The summed E-state index contributed by atoms with van der Waals surface area (Å²) < 4.78 is 0. The van der Waals surface area contributed by atoms with Crippen LogP contribution in [0, 0.1) is 0 Å². The van der Waals surface area contributed by atoms with Crippen LogP contribution in [0.2, 0.25) is 0 Å². The number of nitrogens with one attached hydrogen (secondary N) is 1. The van der Waals surface area contributed by atoms with Crippen LogP contribution in [0.3, 0.4) is 0 Å². The van der Waals surface area contributed by atoms with Gasteiger partial charge in [-0.05, 0) is 18.1 Å². The molecule has 0 aliphatic carbocycles. The van der Waals surface area contributed by atoms with E-state index in [9.17, 15) is 0 Å². The first-order valence-electron chi connectivity index (χ1n) is 6.29. The summed E-state index contributed by atoms with van der Waals surface area (Å²) in [4.78, 5) is 0. The van der Waals surface area contributed by atoms with E-state index in [1.54, 1.807) is 0 Å². The van der Waals surface area contributed by atoms with Crippen molar-refractivity contribution in [2.45, 2.75) is 19.0 Å². The molecule has 2 aromatic carbocycles. The molecule has 0 spiro atoms. The van der Waals surface area contributed by atoms with Crippen molar-refractivity contribution in [2.75, 3.05) is 0 Å². The highest BCUT2D eigenvalue weighted by atomic mass is 14.9. The highest BCUT2D eigenvalue weighted by Gasteiger charge is 2.14. The minimum atomic E-state index is 0.209. The minimum absolute atomic E-state index is 0.209. The van der Waals surface area contributed by atoms with E-state index in [0.717, 1.165) is 0 Å². The monoisotopic (exact) mass is 237 g/mol. The molecule has 2 aromatic rings. The van der Waals surface area contributed by atoms with Crippen molar-refractivity contribution in [3.8, 4) is 0 Å². The molecule has 1 unspecified atom stereocenters. The maximum absolute atomic E-state index is 3.84. The van der Waals surface area contributed by atoms with Crippen molar-refractivity contribution >= 4 is 0 Å². The van der Waals surface area contributed by atoms with Crippen molar-refractivity contribution in [2.24, 2.45) is 0 Å². The largest absolute Gasteiger partial charge is 0.300 e. The van der Waals surface area contributed by atoms with Gasteiger partial charge in [0.1, 0.15) is 0 Å². The summed E-state index contributed by atoms with van der Waals surface area (Å²) in [5.41, 5.74) is 2.55. The van der Waals surface area contributed by atoms with Gasteiger partial charge in [-0.2, -0.15) is 0 Å². The minimum Gasteiger partial charge on any atom is -0.300 e. The lowest BCUT2D eigenvalue weighted by Gasteiger charge is -2.22. The highest BCUT2D eigenvalue weighted by Crippen LogP contribution is 2.22. The van der Waals surface area contributed by atoms with Gasteiger partial charge in [0.15, 0.2) is 0 Å². The molecule has 0 bridgehead atoms. The molecule has 1 heteroatoms. The van der Waals surface area contributed by atoms with Crippen LogP contribution in [0.5, 0.6) is 0 Å². The van der Waals surface area contributed by atoms with E-state index < -0.39 is 0 Å². The second-order valence-electron chi connectivity index (χ2n) is 4.45. The zero-order chi connectivity index (χ0) is 12.8. The van der Waals surface area contributed by atoms with Gasteiger partial charge in [-0.3, -0.25) is 0 Å². The Balaban J connectivity index is 2.32. The lowest BCUT2D eigenvalue weighted by molar-refractivity contribution is 0.563. The smallest absolute Gasteiger partial charge is 0.0581 e. The predicted molar refractivity (Wildman–Crippen MR) is 77.5 cm³/mol. The molecule has 0 heterocycles. The van der Waals surface area contributed by atoms with E-state index in [2.05, 4.69) is 67.4 Å². The lowest BCUT2D eigenvalue weighted by atomic mass is 9.98. The van der Waals surface area contributed by atoms with Crippen LogP contribution in [0.15, 0.2) is 73.3 Å². The Bertz CT molecular complexity index is 436. The van der Waals surface area contributed by atoms with E-state index in [4.69, 9.17) is 0 Å². The van der Waals surface area contributed by atoms with Crippen molar-refractivity contribution in [1.82, 2.24) is 5.32 Å². The summed E-state index contributed by atoms with van der Waals surface area (Å²) >= 11 is 0. The van der Waals surface area contributed by atoms with Gasteiger partial charge >= 0.3 is 0 Å². The SMILES string of the molecule is C=CC(C)NC(c1ccccc1)c1ccccc1. The molecule has 0 saturated carbocycles. The molecule has 0 aliphatic rings. The van der Waals surface area contributed by atoms with Gasteiger partial charge in [-0.15, -0.1) is 6.58 Å². The molecule has 1 nitrogen and oxygen atoms in total. The van der Waals surface area contributed by atoms with E-state index in [1.807, 2.05) is 18.2 Å². The van der Waals surface area contributed by atoms with E-state index >= 15 is 0 Å². The van der Waals surface area contributed by atoms with Crippen molar-refractivity contribution in [3.05, 3.63) is 84.4 Å². The molecular weight excluding hydrogens is 218 g/mol. The molecule has 92 valence electrons. The Morgan fingerprint density at radius 3 is 1.72 bits per heavy atom. The van der Waals surface area contributed by atoms with Crippen LogP contribution in [-0.2, 0) is 0 Å². The van der Waals surface area contributed by atoms with Gasteiger partial charge in [-0.1, -0.05) is 66.7 Å². The molecule has 0 radical (unpaired) electrons. The fourth-order valence-corrected chi connectivity index (χ4v) is 2.01. The van der Waals surface area contributed by atoms with Gasteiger partial charge in [0.25, 0.3) is 0 Å².